The van der Waals surface area contributed by atoms with E-state index >= 15 is 0 Å². The number of rotatable bonds is 3. The highest BCUT2D eigenvalue weighted by Gasteiger charge is 2.20. The average molecular weight is 406 g/mol. The second-order valence-corrected chi connectivity index (χ2v) is 7.09. The van der Waals surface area contributed by atoms with Gasteiger partial charge in [-0.25, -0.2) is 15.0 Å². The number of pyridine rings is 1. The fourth-order valence-corrected chi connectivity index (χ4v) is 3.50. The summed E-state index contributed by atoms with van der Waals surface area (Å²) in [6, 6.07) is 9.41. The van der Waals surface area contributed by atoms with Crippen LogP contribution in [0.5, 0.6) is 0 Å². The number of piperazine rings is 1. The normalized spacial score (nSPS) is 14.2. The molecule has 0 atom stereocenters. The molecule has 0 bridgehead atoms. The van der Waals surface area contributed by atoms with Crippen LogP contribution >= 0.6 is 11.6 Å². The Morgan fingerprint density at radius 1 is 1.03 bits per heavy atom. The maximum absolute atomic E-state index is 11.6. The van der Waals surface area contributed by atoms with E-state index in [2.05, 4.69) is 20.3 Å². The summed E-state index contributed by atoms with van der Waals surface area (Å²) in [6.45, 7) is 1.53. The molecule has 1 aliphatic rings. The van der Waals surface area contributed by atoms with Gasteiger partial charge in [-0.05, 0) is 30.3 Å². The Kier molecular flexibility index (Phi) is 4.33. The summed E-state index contributed by atoms with van der Waals surface area (Å²) in [6.07, 6.45) is 6.96. The highest BCUT2D eigenvalue weighted by Crippen LogP contribution is 2.28. The molecular weight excluding hydrogens is 390 g/mol. The quantitative estimate of drug-likeness (QED) is 0.563. The lowest BCUT2D eigenvalue weighted by molar-refractivity contribution is -0.120. The summed E-state index contributed by atoms with van der Waals surface area (Å²) >= 11 is 6.06. The molecule has 0 aliphatic carbocycles. The Bertz CT molecular complexity index is 1190. The molecule has 1 saturated heterocycles. The van der Waals surface area contributed by atoms with Crippen molar-refractivity contribution in [3.63, 3.8) is 0 Å². The van der Waals surface area contributed by atoms with Crippen molar-refractivity contribution >= 4 is 34.5 Å². The maximum atomic E-state index is 11.6. The second-order valence-electron chi connectivity index (χ2n) is 6.65. The highest BCUT2D eigenvalue weighted by atomic mass is 35.5. The van der Waals surface area contributed by atoms with Gasteiger partial charge in [0.05, 0.1) is 29.3 Å². The van der Waals surface area contributed by atoms with Crippen LogP contribution in [0.1, 0.15) is 0 Å². The molecular formula is C20H16ClN7O. The topological polar surface area (TPSA) is 88.8 Å². The number of carbonyl (C=O) groups is 1. The molecule has 0 unspecified atom stereocenters. The number of amides is 1. The van der Waals surface area contributed by atoms with Gasteiger partial charge in [-0.15, -0.1) is 0 Å². The lowest BCUT2D eigenvalue weighted by Crippen LogP contribution is -2.48. The Labute approximate surface area is 171 Å². The first kappa shape index (κ1) is 17.6. The van der Waals surface area contributed by atoms with Crippen LogP contribution in [0.4, 0.5) is 5.95 Å². The van der Waals surface area contributed by atoms with Crippen LogP contribution in [0.2, 0.25) is 5.02 Å². The number of hydrogen-bond acceptors (Lipinski definition) is 6. The van der Waals surface area contributed by atoms with E-state index in [0.717, 1.165) is 22.3 Å². The Hall–Kier alpha value is -3.52. The first-order valence-corrected chi connectivity index (χ1v) is 9.49. The number of benzene rings is 1. The van der Waals surface area contributed by atoms with Crippen molar-refractivity contribution in [3.05, 3.63) is 60.1 Å². The third-order valence-corrected chi connectivity index (χ3v) is 5.01. The molecule has 144 valence electrons. The number of nitrogens with zero attached hydrogens (tertiary/aromatic N) is 6. The molecule has 9 heteroatoms. The number of nitrogens with one attached hydrogen (secondary N) is 1. The molecule has 1 aromatic carbocycles. The van der Waals surface area contributed by atoms with Crippen molar-refractivity contribution in [1.29, 1.82) is 0 Å². The molecule has 1 amide bonds. The molecule has 4 heterocycles. The summed E-state index contributed by atoms with van der Waals surface area (Å²) in [5, 5.41) is 3.46. The third kappa shape index (κ3) is 3.27. The molecule has 29 heavy (non-hydrogen) atoms. The highest BCUT2D eigenvalue weighted by molar-refractivity contribution is 6.30. The van der Waals surface area contributed by atoms with Crippen LogP contribution < -0.4 is 10.2 Å². The van der Waals surface area contributed by atoms with Crippen LogP contribution in [0.3, 0.4) is 0 Å². The van der Waals surface area contributed by atoms with Crippen LogP contribution in [0.25, 0.3) is 28.1 Å². The smallest absolute Gasteiger partial charge is 0.239 e. The minimum atomic E-state index is -0.0269. The molecule has 4 aromatic rings. The van der Waals surface area contributed by atoms with E-state index < -0.39 is 0 Å². The third-order valence-electron chi connectivity index (χ3n) is 4.76. The lowest BCUT2D eigenvalue weighted by Gasteiger charge is -2.26. The summed E-state index contributed by atoms with van der Waals surface area (Å²) < 4.78 is 2.01. The van der Waals surface area contributed by atoms with Crippen molar-refractivity contribution in [2.24, 2.45) is 0 Å². The van der Waals surface area contributed by atoms with E-state index in [4.69, 9.17) is 16.6 Å². The van der Waals surface area contributed by atoms with Gasteiger partial charge in [0.2, 0.25) is 11.9 Å². The summed E-state index contributed by atoms with van der Waals surface area (Å²) in [5.41, 5.74) is 3.38. The van der Waals surface area contributed by atoms with Gasteiger partial charge in [0, 0.05) is 42.4 Å². The Balaban J connectivity index is 1.59. The predicted molar refractivity (Wildman–Crippen MR) is 110 cm³/mol. The van der Waals surface area contributed by atoms with Crippen molar-refractivity contribution < 1.29 is 4.79 Å². The van der Waals surface area contributed by atoms with E-state index in [9.17, 15) is 4.79 Å². The predicted octanol–water partition coefficient (Wildman–Crippen LogP) is 2.47. The molecule has 0 radical (unpaired) electrons. The molecule has 1 fully saturated rings. The fourth-order valence-electron chi connectivity index (χ4n) is 3.38. The number of anilines is 1. The summed E-state index contributed by atoms with van der Waals surface area (Å²) in [5.74, 6) is 1.21. The van der Waals surface area contributed by atoms with Gasteiger partial charge in [0.15, 0.2) is 0 Å². The summed E-state index contributed by atoms with van der Waals surface area (Å²) in [7, 11) is 0. The van der Waals surface area contributed by atoms with Gasteiger partial charge in [-0.3, -0.25) is 14.3 Å². The van der Waals surface area contributed by atoms with Crippen LogP contribution in [0.15, 0.2) is 55.1 Å². The number of imidazole rings is 1. The van der Waals surface area contributed by atoms with Crippen LogP contribution in [-0.4, -0.2) is 50.0 Å². The number of fused-ring (bicyclic) bond motifs is 1. The maximum Gasteiger partial charge on any atom is 0.239 e. The fraction of sp³-hybridized carbons (Fsp3) is 0.150. The van der Waals surface area contributed by atoms with Gasteiger partial charge in [0.1, 0.15) is 5.82 Å². The first-order chi connectivity index (χ1) is 14.2. The first-order valence-electron chi connectivity index (χ1n) is 9.11. The van der Waals surface area contributed by atoms with Gasteiger partial charge >= 0.3 is 0 Å². The SMILES string of the molecule is O=C1CN(c2ncc(-c3nc4ccncc4n3-c3ccc(Cl)cc3)cn2)CCN1. The van der Waals surface area contributed by atoms with E-state index in [1.807, 2.05) is 39.8 Å². The standard InChI is InChI=1S/C20H16ClN7O/c21-14-1-3-15(4-2-14)28-17-11-22-6-5-16(17)26-19(28)13-9-24-20(25-10-13)27-8-7-23-18(29)12-27/h1-6,9-11H,7-8,12H2,(H,23,29). The van der Waals surface area contributed by atoms with Gasteiger partial charge in [0.25, 0.3) is 0 Å². The molecule has 8 nitrogen and oxygen atoms in total. The Morgan fingerprint density at radius 3 is 2.59 bits per heavy atom. The monoisotopic (exact) mass is 405 g/mol. The molecule has 0 spiro atoms. The Morgan fingerprint density at radius 2 is 1.83 bits per heavy atom. The van der Waals surface area contributed by atoms with E-state index in [-0.39, 0.29) is 12.5 Å². The second kappa shape index (κ2) is 7.14. The van der Waals surface area contributed by atoms with Crippen molar-refractivity contribution in [2.45, 2.75) is 0 Å². The number of aromatic nitrogens is 5. The number of halogens is 1. The number of hydrogen-bond donors (Lipinski definition) is 1. The van der Waals surface area contributed by atoms with E-state index in [1.165, 1.54) is 0 Å². The molecule has 0 saturated carbocycles. The van der Waals surface area contributed by atoms with Crippen molar-refractivity contribution in [2.75, 3.05) is 24.5 Å². The molecule has 1 aliphatic heterocycles. The van der Waals surface area contributed by atoms with Gasteiger partial charge in [-0.1, -0.05) is 11.6 Å². The molecule has 5 rings (SSSR count). The lowest BCUT2D eigenvalue weighted by atomic mass is 10.2. The van der Waals surface area contributed by atoms with Gasteiger partial charge < -0.3 is 10.2 Å². The van der Waals surface area contributed by atoms with Crippen LogP contribution in [0, 0.1) is 0 Å². The molecule has 1 N–H and O–H groups in total. The zero-order valence-electron chi connectivity index (χ0n) is 15.3. The average Bonchev–Trinajstić information content (AvgIpc) is 3.14. The summed E-state index contributed by atoms with van der Waals surface area (Å²) in [4.78, 5) is 31.4. The van der Waals surface area contributed by atoms with Crippen LogP contribution in [-0.2, 0) is 4.79 Å². The van der Waals surface area contributed by atoms with E-state index in [0.29, 0.717) is 29.9 Å². The molecule has 3 aromatic heterocycles. The zero-order chi connectivity index (χ0) is 19.8. The van der Waals surface area contributed by atoms with Crippen molar-refractivity contribution in [1.82, 2.24) is 29.8 Å². The van der Waals surface area contributed by atoms with E-state index in [1.54, 1.807) is 24.8 Å². The zero-order valence-corrected chi connectivity index (χ0v) is 16.0. The minimum absolute atomic E-state index is 0.0269. The van der Waals surface area contributed by atoms with Crippen molar-refractivity contribution in [3.8, 4) is 17.1 Å². The largest absolute Gasteiger partial charge is 0.353 e. The number of carbonyl (C=O) groups excluding carboxylic acids is 1. The van der Waals surface area contributed by atoms with Gasteiger partial charge in [-0.2, -0.15) is 0 Å². The minimum Gasteiger partial charge on any atom is -0.353 e.